The zero-order valence-corrected chi connectivity index (χ0v) is 14.3. The van der Waals surface area contributed by atoms with E-state index in [1.807, 2.05) is 0 Å². The molecule has 27 heavy (non-hydrogen) atoms. The van der Waals surface area contributed by atoms with Crippen molar-refractivity contribution in [3.05, 3.63) is 69.4 Å². The van der Waals surface area contributed by atoms with Crippen LogP contribution in [0.4, 0.5) is 11.5 Å². The maximum atomic E-state index is 12.8. The monoisotopic (exact) mass is 382 g/mol. The fraction of sp³-hybridized carbons (Fsp3) is 0. The minimum Gasteiger partial charge on any atom is -0.303 e. The van der Waals surface area contributed by atoms with Crippen molar-refractivity contribution in [2.45, 2.75) is 0 Å². The molecule has 0 unspecified atom stereocenters. The number of rotatable bonds is 4. The van der Waals surface area contributed by atoms with Gasteiger partial charge in [-0.2, -0.15) is 0 Å². The van der Waals surface area contributed by atoms with Gasteiger partial charge in [-0.25, -0.2) is 9.53 Å². The molecular weight excluding hydrogens is 372 g/mol. The van der Waals surface area contributed by atoms with Crippen LogP contribution >= 0.6 is 11.8 Å². The largest absolute Gasteiger partial charge is 0.303 e. The number of benzene rings is 1. The first-order valence-corrected chi connectivity index (χ1v) is 8.39. The van der Waals surface area contributed by atoms with Crippen molar-refractivity contribution in [1.29, 1.82) is 5.41 Å². The second kappa shape index (κ2) is 6.53. The third-order valence-corrected chi connectivity index (χ3v) is 4.61. The molecule has 3 aromatic rings. The third kappa shape index (κ3) is 3.00. The lowest BCUT2D eigenvalue weighted by atomic mass is 10.2. The number of carbonyl (C=O) groups is 1. The van der Waals surface area contributed by atoms with E-state index in [-0.39, 0.29) is 27.4 Å². The molecule has 4 rings (SSSR count). The standard InChI is InChI=1S/C16H10N6O4S/c17-16-21(14-13(18-26-19-14)20-6-1-2-7-20)15(23)12(27-16)9-10-4-3-5-11(8-10)22(24)25/h1-9,17H. The zero-order valence-electron chi connectivity index (χ0n) is 13.5. The van der Waals surface area contributed by atoms with Crippen LogP contribution in [0.2, 0.25) is 0 Å². The zero-order chi connectivity index (χ0) is 19.0. The van der Waals surface area contributed by atoms with Crippen LogP contribution in [-0.4, -0.2) is 30.9 Å². The van der Waals surface area contributed by atoms with Gasteiger partial charge in [0.2, 0.25) is 11.6 Å². The number of non-ortho nitro benzene ring substituents is 1. The predicted octanol–water partition coefficient (Wildman–Crippen LogP) is 2.82. The van der Waals surface area contributed by atoms with E-state index < -0.39 is 10.8 Å². The van der Waals surface area contributed by atoms with Crippen LogP contribution < -0.4 is 4.90 Å². The first-order chi connectivity index (χ1) is 13.0. The number of nitrogens with one attached hydrogen (secondary N) is 1. The summed E-state index contributed by atoms with van der Waals surface area (Å²) < 4.78 is 6.37. The lowest BCUT2D eigenvalue weighted by molar-refractivity contribution is -0.384. The summed E-state index contributed by atoms with van der Waals surface area (Å²) in [6.07, 6.45) is 4.91. The maximum Gasteiger partial charge on any atom is 0.272 e. The number of nitro benzene ring substituents is 1. The Labute approximate surface area is 155 Å². The summed E-state index contributed by atoms with van der Waals surface area (Å²) in [5.74, 6) is -0.118. The van der Waals surface area contributed by atoms with E-state index in [0.29, 0.717) is 5.56 Å². The Morgan fingerprint density at radius 2 is 1.93 bits per heavy atom. The van der Waals surface area contributed by atoms with Crippen molar-refractivity contribution in [2.24, 2.45) is 0 Å². The molecule has 0 saturated carbocycles. The van der Waals surface area contributed by atoms with Crippen molar-refractivity contribution in [2.75, 3.05) is 4.90 Å². The first kappa shape index (κ1) is 16.7. The van der Waals surface area contributed by atoms with E-state index in [9.17, 15) is 14.9 Å². The SMILES string of the molecule is N=C1SC(=Cc2cccc([N+](=O)[O-])c2)C(=O)N1c1nonc1-n1cccc1. The van der Waals surface area contributed by atoms with Crippen LogP contribution in [0, 0.1) is 15.5 Å². The van der Waals surface area contributed by atoms with Gasteiger partial charge in [-0.1, -0.05) is 12.1 Å². The topological polar surface area (TPSA) is 131 Å². The normalized spacial score (nSPS) is 15.7. The molecule has 1 saturated heterocycles. The molecule has 2 aromatic heterocycles. The van der Waals surface area contributed by atoms with Gasteiger partial charge in [0.15, 0.2) is 5.17 Å². The second-order valence-electron chi connectivity index (χ2n) is 5.41. The van der Waals surface area contributed by atoms with E-state index in [1.165, 1.54) is 24.3 Å². The molecule has 1 fully saturated rings. The molecule has 1 amide bonds. The molecule has 0 radical (unpaired) electrons. The number of thioether (sulfide) groups is 1. The van der Waals surface area contributed by atoms with Gasteiger partial charge in [-0.05, 0) is 45.8 Å². The van der Waals surface area contributed by atoms with E-state index in [1.54, 1.807) is 35.2 Å². The molecule has 11 heteroatoms. The van der Waals surface area contributed by atoms with Crippen molar-refractivity contribution in [3.63, 3.8) is 0 Å². The number of aromatic nitrogens is 3. The summed E-state index contributed by atoms with van der Waals surface area (Å²) in [7, 11) is 0. The van der Waals surface area contributed by atoms with Gasteiger partial charge in [0, 0.05) is 24.5 Å². The Kier molecular flexibility index (Phi) is 4.05. The molecule has 1 N–H and O–H groups in total. The number of hydrogen-bond donors (Lipinski definition) is 1. The van der Waals surface area contributed by atoms with E-state index >= 15 is 0 Å². The Morgan fingerprint density at radius 1 is 1.19 bits per heavy atom. The number of amidine groups is 1. The highest BCUT2D eigenvalue weighted by Crippen LogP contribution is 2.36. The predicted molar refractivity (Wildman–Crippen MR) is 97.5 cm³/mol. The quantitative estimate of drug-likeness (QED) is 0.417. The van der Waals surface area contributed by atoms with Crippen LogP contribution in [0.3, 0.4) is 0 Å². The number of hydrogen-bond acceptors (Lipinski definition) is 8. The highest BCUT2D eigenvalue weighted by Gasteiger charge is 2.37. The number of nitro groups is 1. The molecule has 0 bridgehead atoms. The maximum absolute atomic E-state index is 12.8. The summed E-state index contributed by atoms with van der Waals surface area (Å²) in [4.78, 5) is 24.5. The fourth-order valence-corrected chi connectivity index (χ4v) is 3.36. The summed E-state index contributed by atoms with van der Waals surface area (Å²) in [6, 6.07) is 9.45. The highest BCUT2D eigenvalue weighted by molar-refractivity contribution is 8.19. The van der Waals surface area contributed by atoms with Crippen LogP contribution in [0.25, 0.3) is 11.9 Å². The van der Waals surface area contributed by atoms with Gasteiger partial charge in [0.05, 0.1) is 9.83 Å². The van der Waals surface area contributed by atoms with Crippen LogP contribution in [0.5, 0.6) is 0 Å². The molecule has 0 spiro atoms. The number of carbonyl (C=O) groups excluding carboxylic acids is 1. The van der Waals surface area contributed by atoms with Gasteiger partial charge in [-0.3, -0.25) is 20.3 Å². The van der Waals surface area contributed by atoms with Crippen molar-refractivity contribution in [1.82, 2.24) is 14.9 Å². The van der Waals surface area contributed by atoms with E-state index in [0.717, 1.165) is 16.7 Å². The van der Waals surface area contributed by atoms with Crippen LogP contribution in [-0.2, 0) is 4.79 Å². The van der Waals surface area contributed by atoms with E-state index in [2.05, 4.69) is 10.3 Å². The Hall–Kier alpha value is -3.73. The summed E-state index contributed by atoms with van der Waals surface area (Å²) >= 11 is 0.927. The molecule has 134 valence electrons. The highest BCUT2D eigenvalue weighted by atomic mass is 32.2. The number of nitrogens with zero attached hydrogens (tertiary/aromatic N) is 5. The van der Waals surface area contributed by atoms with Gasteiger partial charge in [0.1, 0.15) is 0 Å². The third-order valence-electron chi connectivity index (χ3n) is 3.72. The molecule has 1 aliphatic heterocycles. The lowest BCUT2D eigenvalue weighted by Gasteiger charge is -2.11. The number of anilines is 1. The molecular formula is C16H10N6O4S. The fourth-order valence-electron chi connectivity index (χ4n) is 2.52. The van der Waals surface area contributed by atoms with Gasteiger partial charge in [-0.15, -0.1) is 0 Å². The second-order valence-corrected chi connectivity index (χ2v) is 6.44. The lowest BCUT2D eigenvalue weighted by Crippen LogP contribution is -2.29. The molecule has 10 nitrogen and oxygen atoms in total. The van der Waals surface area contributed by atoms with E-state index in [4.69, 9.17) is 10.0 Å². The van der Waals surface area contributed by atoms with Gasteiger partial charge in [0.25, 0.3) is 11.6 Å². The van der Waals surface area contributed by atoms with Crippen molar-refractivity contribution < 1.29 is 14.3 Å². The van der Waals surface area contributed by atoms with Gasteiger partial charge < -0.3 is 4.57 Å². The minimum atomic E-state index is -0.510. The number of amides is 1. The summed E-state index contributed by atoms with van der Waals surface area (Å²) in [5, 5.41) is 26.5. The average Bonchev–Trinajstić information content (AvgIpc) is 3.36. The Morgan fingerprint density at radius 3 is 2.67 bits per heavy atom. The molecule has 1 aromatic carbocycles. The molecule has 0 atom stereocenters. The Balaban J connectivity index is 1.69. The van der Waals surface area contributed by atoms with Crippen molar-refractivity contribution in [3.8, 4) is 5.82 Å². The smallest absolute Gasteiger partial charge is 0.272 e. The van der Waals surface area contributed by atoms with Crippen LogP contribution in [0.15, 0.2) is 58.3 Å². The molecule has 1 aliphatic rings. The molecule has 0 aliphatic carbocycles. The minimum absolute atomic E-state index is 0.0687. The van der Waals surface area contributed by atoms with Crippen LogP contribution in [0.1, 0.15) is 5.56 Å². The van der Waals surface area contributed by atoms with Crippen molar-refractivity contribution >= 4 is 40.4 Å². The Bertz CT molecular complexity index is 1090. The summed E-state index contributed by atoms with van der Waals surface area (Å²) in [6.45, 7) is 0. The molecule has 3 heterocycles. The first-order valence-electron chi connectivity index (χ1n) is 7.57. The average molecular weight is 382 g/mol. The van der Waals surface area contributed by atoms with Gasteiger partial charge >= 0.3 is 0 Å². The summed E-state index contributed by atoms with van der Waals surface area (Å²) in [5.41, 5.74) is 0.404.